The molecular formula is C13H16N2OS2. The second kappa shape index (κ2) is 6.66. The summed E-state index contributed by atoms with van der Waals surface area (Å²) in [5, 5.41) is 6.06. The van der Waals surface area contributed by atoms with Crippen LogP contribution in [0, 0.1) is 6.92 Å². The summed E-state index contributed by atoms with van der Waals surface area (Å²) in [7, 11) is 0. The number of nitrogens with one attached hydrogen (secondary N) is 1. The fourth-order valence-corrected chi connectivity index (χ4v) is 3.10. The molecule has 0 aromatic carbocycles. The average Bonchev–Trinajstić information content (AvgIpc) is 2.98. The van der Waals surface area contributed by atoms with Crippen LogP contribution in [0.3, 0.4) is 0 Å². The van der Waals surface area contributed by atoms with Gasteiger partial charge < -0.3 is 5.32 Å². The number of rotatable bonds is 6. The molecule has 0 aliphatic carbocycles. The summed E-state index contributed by atoms with van der Waals surface area (Å²) in [5.74, 6) is 0.122. The van der Waals surface area contributed by atoms with Crippen LogP contribution in [0.1, 0.15) is 21.2 Å². The minimum Gasteiger partial charge on any atom is -0.356 e. The maximum Gasteiger partial charge on any atom is 0.220 e. The van der Waals surface area contributed by atoms with E-state index in [4.69, 9.17) is 0 Å². The third kappa shape index (κ3) is 4.23. The van der Waals surface area contributed by atoms with Gasteiger partial charge in [0, 0.05) is 35.3 Å². The Labute approximate surface area is 115 Å². The number of hydrogen-bond acceptors (Lipinski definition) is 4. The van der Waals surface area contributed by atoms with Gasteiger partial charge in [0.05, 0.1) is 5.01 Å². The molecule has 0 atom stereocenters. The fraction of sp³-hybridized carbons (Fsp3) is 0.385. The number of thiophene rings is 1. The first-order valence-electron chi connectivity index (χ1n) is 5.94. The van der Waals surface area contributed by atoms with Crippen LogP contribution in [0.2, 0.25) is 0 Å². The summed E-state index contributed by atoms with van der Waals surface area (Å²) in [6.45, 7) is 2.72. The van der Waals surface area contributed by atoms with Gasteiger partial charge in [-0.3, -0.25) is 4.79 Å². The van der Waals surface area contributed by atoms with Crippen LogP contribution in [0.4, 0.5) is 0 Å². The first kappa shape index (κ1) is 13.2. The third-order valence-electron chi connectivity index (χ3n) is 2.51. The largest absolute Gasteiger partial charge is 0.356 e. The molecule has 0 saturated carbocycles. The van der Waals surface area contributed by atoms with Gasteiger partial charge in [0.15, 0.2) is 0 Å². The number of amides is 1. The van der Waals surface area contributed by atoms with Crippen molar-refractivity contribution in [2.45, 2.75) is 26.2 Å². The number of aromatic nitrogens is 1. The second-order valence-corrected chi connectivity index (χ2v) is 6.40. The number of hydrogen-bond donors (Lipinski definition) is 1. The highest BCUT2D eigenvalue weighted by molar-refractivity contribution is 7.11. The molecule has 0 aliphatic rings. The number of carbonyl (C=O) groups excluding carboxylic acids is 1. The maximum absolute atomic E-state index is 11.6. The lowest BCUT2D eigenvalue weighted by molar-refractivity contribution is -0.121. The van der Waals surface area contributed by atoms with Crippen LogP contribution in [0.15, 0.2) is 23.7 Å². The third-order valence-corrected chi connectivity index (χ3v) is 4.42. The van der Waals surface area contributed by atoms with E-state index in [1.807, 2.05) is 24.6 Å². The first-order valence-corrected chi connectivity index (χ1v) is 7.64. The molecule has 2 aromatic heterocycles. The molecule has 96 valence electrons. The van der Waals surface area contributed by atoms with Gasteiger partial charge in [0.2, 0.25) is 5.91 Å². The zero-order chi connectivity index (χ0) is 12.8. The van der Waals surface area contributed by atoms with Gasteiger partial charge >= 0.3 is 0 Å². The zero-order valence-electron chi connectivity index (χ0n) is 10.3. The van der Waals surface area contributed by atoms with E-state index in [9.17, 15) is 4.79 Å². The summed E-state index contributed by atoms with van der Waals surface area (Å²) in [4.78, 5) is 18.4. The Morgan fingerprint density at radius 3 is 3.00 bits per heavy atom. The van der Waals surface area contributed by atoms with Crippen LogP contribution in [0.5, 0.6) is 0 Å². The molecule has 1 N–H and O–H groups in total. The molecule has 1 amide bonds. The Morgan fingerprint density at radius 1 is 1.44 bits per heavy atom. The van der Waals surface area contributed by atoms with Gasteiger partial charge in [-0.2, -0.15) is 0 Å². The molecule has 5 heteroatoms. The molecule has 0 aliphatic heterocycles. The van der Waals surface area contributed by atoms with Gasteiger partial charge in [0.25, 0.3) is 0 Å². The van der Waals surface area contributed by atoms with E-state index in [0.29, 0.717) is 13.0 Å². The number of nitrogens with zero attached hydrogens (tertiary/aromatic N) is 1. The van der Waals surface area contributed by atoms with Crippen molar-refractivity contribution in [2.24, 2.45) is 0 Å². The Kier molecular flexibility index (Phi) is 4.90. The Bertz CT molecular complexity index is 491. The minimum atomic E-state index is 0.122. The average molecular weight is 280 g/mol. The highest BCUT2D eigenvalue weighted by Crippen LogP contribution is 2.12. The summed E-state index contributed by atoms with van der Waals surface area (Å²) >= 11 is 3.39. The van der Waals surface area contributed by atoms with Crippen molar-refractivity contribution >= 4 is 28.6 Å². The van der Waals surface area contributed by atoms with E-state index in [-0.39, 0.29) is 5.91 Å². The molecule has 0 unspecified atom stereocenters. The van der Waals surface area contributed by atoms with Crippen molar-refractivity contribution in [3.05, 3.63) is 38.5 Å². The van der Waals surface area contributed by atoms with Crippen LogP contribution in [-0.4, -0.2) is 17.4 Å². The molecule has 0 bridgehead atoms. The van der Waals surface area contributed by atoms with E-state index in [1.165, 1.54) is 9.75 Å². The van der Waals surface area contributed by atoms with E-state index in [0.717, 1.165) is 17.8 Å². The molecule has 2 heterocycles. The minimum absolute atomic E-state index is 0.122. The van der Waals surface area contributed by atoms with E-state index >= 15 is 0 Å². The quantitative estimate of drug-likeness (QED) is 0.884. The lowest BCUT2D eigenvalue weighted by Crippen LogP contribution is -2.25. The Hall–Kier alpha value is -1.20. The monoisotopic (exact) mass is 280 g/mol. The predicted octanol–water partition coefficient (Wildman–Crippen LogP) is 2.80. The molecule has 2 rings (SSSR count). The maximum atomic E-state index is 11.6. The van der Waals surface area contributed by atoms with E-state index in [2.05, 4.69) is 16.4 Å². The summed E-state index contributed by atoms with van der Waals surface area (Å²) < 4.78 is 0. The SMILES string of the molecule is Cc1cnc(CCNC(=O)CCc2cccs2)s1. The molecular weight excluding hydrogens is 264 g/mol. The van der Waals surface area contributed by atoms with E-state index < -0.39 is 0 Å². The van der Waals surface area contributed by atoms with Crippen LogP contribution < -0.4 is 5.32 Å². The van der Waals surface area contributed by atoms with Crippen LogP contribution in [-0.2, 0) is 17.6 Å². The van der Waals surface area contributed by atoms with Gasteiger partial charge in [-0.15, -0.1) is 22.7 Å². The van der Waals surface area contributed by atoms with Crippen molar-refractivity contribution in [1.82, 2.24) is 10.3 Å². The zero-order valence-corrected chi connectivity index (χ0v) is 11.9. The van der Waals surface area contributed by atoms with Crippen molar-refractivity contribution in [1.29, 1.82) is 0 Å². The number of thiazole rings is 1. The molecule has 0 fully saturated rings. The molecule has 0 spiro atoms. The lowest BCUT2D eigenvalue weighted by Gasteiger charge is -2.02. The second-order valence-electron chi connectivity index (χ2n) is 4.04. The predicted molar refractivity (Wildman–Crippen MR) is 76.2 cm³/mol. The topological polar surface area (TPSA) is 42.0 Å². The molecule has 0 saturated heterocycles. The fourth-order valence-electron chi connectivity index (χ4n) is 1.61. The van der Waals surface area contributed by atoms with Crippen molar-refractivity contribution < 1.29 is 4.79 Å². The summed E-state index contributed by atoms with van der Waals surface area (Å²) in [5.41, 5.74) is 0. The van der Waals surface area contributed by atoms with Crippen molar-refractivity contribution in [2.75, 3.05) is 6.54 Å². The molecule has 0 radical (unpaired) electrons. The lowest BCUT2D eigenvalue weighted by atomic mass is 10.2. The number of aryl methyl sites for hydroxylation is 2. The van der Waals surface area contributed by atoms with Crippen LogP contribution >= 0.6 is 22.7 Å². The van der Waals surface area contributed by atoms with Gasteiger partial charge in [0.1, 0.15) is 0 Å². The smallest absolute Gasteiger partial charge is 0.220 e. The van der Waals surface area contributed by atoms with Gasteiger partial charge in [-0.05, 0) is 24.8 Å². The highest BCUT2D eigenvalue weighted by Gasteiger charge is 2.03. The van der Waals surface area contributed by atoms with Crippen molar-refractivity contribution in [3.63, 3.8) is 0 Å². The molecule has 3 nitrogen and oxygen atoms in total. The molecule has 18 heavy (non-hydrogen) atoms. The Balaban J connectivity index is 1.63. The highest BCUT2D eigenvalue weighted by atomic mass is 32.1. The van der Waals surface area contributed by atoms with Crippen molar-refractivity contribution in [3.8, 4) is 0 Å². The molecule has 2 aromatic rings. The normalized spacial score (nSPS) is 10.5. The summed E-state index contributed by atoms with van der Waals surface area (Å²) in [6, 6.07) is 4.08. The Morgan fingerprint density at radius 2 is 2.33 bits per heavy atom. The first-order chi connectivity index (χ1) is 8.74. The van der Waals surface area contributed by atoms with Gasteiger partial charge in [-0.1, -0.05) is 6.07 Å². The number of carbonyl (C=O) groups is 1. The summed E-state index contributed by atoms with van der Waals surface area (Å²) in [6.07, 6.45) is 4.10. The standard InChI is InChI=1S/C13H16N2OS2/c1-10-9-15-13(18-10)6-7-14-12(16)5-4-11-3-2-8-17-11/h2-3,8-9H,4-7H2,1H3,(H,14,16). The van der Waals surface area contributed by atoms with E-state index in [1.54, 1.807) is 22.7 Å². The van der Waals surface area contributed by atoms with Crippen LogP contribution in [0.25, 0.3) is 0 Å². The van der Waals surface area contributed by atoms with Gasteiger partial charge in [-0.25, -0.2) is 4.98 Å².